The van der Waals surface area contributed by atoms with E-state index in [1.165, 1.54) is 12.8 Å². The van der Waals surface area contributed by atoms with Gasteiger partial charge in [0, 0.05) is 0 Å². The van der Waals surface area contributed by atoms with Gasteiger partial charge in [-0.05, 0) is 36.6 Å². The summed E-state index contributed by atoms with van der Waals surface area (Å²) in [6, 6.07) is 15.1. The van der Waals surface area contributed by atoms with Crippen LogP contribution in [0.1, 0.15) is 31.7 Å². The first-order valence-electron chi connectivity index (χ1n) is 6.85. The van der Waals surface area contributed by atoms with Crippen LogP contribution >= 0.6 is 0 Å². The monoisotopic (exact) mass is 256 g/mol. The largest absolute Gasteiger partial charge is 0.504 e. The maximum Gasteiger partial charge on any atom is 0.172 e. The van der Waals surface area contributed by atoms with E-state index in [4.69, 9.17) is 4.74 Å². The minimum atomic E-state index is 0.206. The van der Waals surface area contributed by atoms with Crippen LogP contribution in [0.2, 0.25) is 0 Å². The maximum atomic E-state index is 9.98. The number of phenols is 1. The van der Waals surface area contributed by atoms with Crippen LogP contribution in [0.3, 0.4) is 0 Å². The fourth-order valence-electron chi connectivity index (χ4n) is 2.06. The van der Waals surface area contributed by atoms with Crippen molar-refractivity contribution in [2.75, 3.05) is 0 Å². The van der Waals surface area contributed by atoms with Gasteiger partial charge in [-0.1, -0.05) is 50.1 Å². The van der Waals surface area contributed by atoms with Gasteiger partial charge in [-0.2, -0.15) is 0 Å². The van der Waals surface area contributed by atoms with Gasteiger partial charge in [-0.25, -0.2) is 0 Å². The predicted octanol–water partition coefficient (Wildman–Crippen LogP) is 4.92. The third kappa shape index (κ3) is 3.75. The molecule has 0 aliphatic heterocycles. The van der Waals surface area contributed by atoms with Crippen LogP contribution < -0.4 is 4.74 Å². The number of phenolic OH excluding ortho intramolecular Hbond substituents is 1. The molecule has 0 bridgehead atoms. The second kappa shape index (κ2) is 6.83. The maximum absolute atomic E-state index is 9.98. The van der Waals surface area contributed by atoms with Gasteiger partial charge < -0.3 is 9.84 Å². The van der Waals surface area contributed by atoms with E-state index >= 15 is 0 Å². The van der Waals surface area contributed by atoms with Crippen molar-refractivity contribution in [1.29, 1.82) is 0 Å². The van der Waals surface area contributed by atoms with Crippen molar-refractivity contribution < 1.29 is 9.84 Å². The van der Waals surface area contributed by atoms with Crippen molar-refractivity contribution in [3.8, 4) is 17.2 Å². The smallest absolute Gasteiger partial charge is 0.172 e. The molecule has 0 saturated heterocycles. The molecule has 0 amide bonds. The quantitative estimate of drug-likeness (QED) is 0.743. The zero-order chi connectivity index (χ0) is 13.5. The zero-order valence-electron chi connectivity index (χ0n) is 11.3. The highest BCUT2D eigenvalue weighted by atomic mass is 16.5. The fraction of sp³-hybridized carbons (Fsp3) is 0.294. The van der Waals surface area contributed by atoms with Crippen LogP contribution in [0, 0.1) is 0 Å². The van der Waals surface area contributed by atoms with Crippen LogP contribution in [0.4, 0.5) is 0 Å². The van der Waals surface area contributed by atoms with Crippen molar-refractivity contribution in [3.63, 3.8) is 0 Å². The van der Waals surface area contributed by atoms with Gasteiger partial charge in [0.15, 0.2) is 11.5 Å². The van der Waals surface area contributed by atoms with E-state index < -0.39 is 0 Å². The molecule has 1 N–H and O–H groups in total. The molecule has 0 aliphatic rings. The normalized spacial score (nSPS) is 10.4. The molecular formula is C17H20O2. The number of rotatable bonds is 6. The average Bonchev–Trinajstić information content (AvgIpc) is 2.44. The highest BCUT2D eigenvalue weighted by Crippen LogP contribution is 2.34. The summed E-state index contributed by atoms with van der Waals surface area (Å²) in [6.45, 7) is 2.18. The first kappa shape index (κ1) is 13.5. The Morgan fingerprint density at radius 1 is 0.947 bits per heavy atom. The van der Waals surface area contributed by atoms with Gasteiger partial charge in [0.2, 0.25) is 0 Å². The van der Waals surface area contributed by atoms with Crippen molar-refractivity contribution in [3.05, 3.63) is 54.1 Å². The second-order valence-electron chi connectivity index (χ2n) is 4.64. The summed E-state index contributed by atoms with van der Waals surface area (Å²) < 4.78 is 5.82. The predicted molar refractivity (Wildman–Crippen MR) is 77.9 cm³/mol. The first-order chi connectivity index (χ1) is 9.31. The van der Waals surface area contributed by atoms with E-state index in [1.807, 2.05) is 42.5 Å². The Morgan fingerprint density at radius 2 is 1.74 bits per heavy atom. The topological polar surface area (TPSA) is 29.5 Å². The van der Waals surface area contributed by atoms with E-state index in [2.05, 4.69) is 6.92 Å². The van der Waals surface area contributed by atoms with Crippen molar-refractivity contribution in [2.45, 2.75) is 32.6 Å². The summed E-state index contributed by atoms with van der Waals surface area (Å²) in [7, 11) is 0. The van der Waals surface area contributed by atoms with Gasteiger partial charge in [0.1, 0.15) is 5.75 Å². The number of hydrogen-bond donors (Lipinski definition) is 1. The molecule has 2 nitrogen and oxygen atoms in total. The summed E-state index contributed by atoms with van der Waals surface area (Å²) >= 11 is 0. The number of aromatic hydroxyl groups is 1. The Balaban J connectivity index is 2.18. The average molecular weight is 256 g/mol. The van der Waals surface area contributed by atoms with Crippen molar-refractivity contribution in [2.24, 2.45) is 0 Å². The number of unbranched alkanes of at least 4 members (excludes halogenated alkanes) is 2. The first-order valence-corrected chi connectivity index (χ1v) is 6.85. The molecule has 0 radical (unpaired) electrons. The van der Waals surface area contributed by atoms with E-state index in [1.54, 1.807) is 6.07 Å². The Hall–Kier alpha value is -1.96. The standard InChI is InChI=1S/C17H20O2/c1-2-3-5-9-14-10-8-13-16(18)17(14)19-15-11-6-4-7-12-15/h4,6-8,10-13,18H,2-3,5,9H2,1H3. The van der Waals surface area contributed by atoms with E-state index in [0.29, 0.717) is 5.75 Å². The molecule has 100 valence electrons. The fourth-order valence-corrected chi connectivity index (χ4v) is 2.06. The van der Waals surface area contributed by atoms with Crippen LogP contribution in [0.15, 0.2) is 48.5 Å². The van der Waals surface area contributed by atoms with E-state index in [0.717, 1.165) is 24.2 Å². The summed E-state index contributed by atoms with van der Waals surface area (Å²) in [4.78, 5) is 0. The number of aryl methyl sites for hydroxylation is 1. The molecule has 0 aromatic heterocycles. The molecule has 2 aromatic rings. The van der Waals surface area contributed by atoms with Crippen molar-refractivity contribution in [1.82, 2.24) is 0 Å². The Labute approximate surface area is 114 Å². The molecule has 2 heteroatoms. The molecule has 0 spiro atoms. The Morgan fingerprint density at radius 3 is 2.47 bits per heavy atom. The summed E-state index contributed by atoms with van der Waals surface area (Å²) in [6.07, 6.45) is 4.43. The highest BCUT2D eigenvalue weighted by molar-refractivity contribution is 5.48. The van der Waals surface area contributed by atoms with Crippen molar-refractivity contribution >= 4 is 0 Å². The highest BCUT2D eigenvalue weighted by Gasteiger charge is 2.09. The molecule has 0 aliphatic carbocycles. The molecule has 19 heavy (non-hydrogen) atoms. The van der Waals surface area contributed by atoms with Crippen LogP contribution in [-0.2, 0) is 6.42 Å². The Bertz CT molecular complexity index is 506. The second-order valence-corrected chi connectivity index (χ2v) is 4.64. The molecule has 0 fully saturated rings. The SMILES string of the molecule is CCCCCc1cccc(O)c1Oc1ccccc1. The molecule has 0 unspecified atom stereocenters. The van der Waals surface area contributed by atoms with Gasteiger partial charge in [0.25, 0.3) is 0 Å². The minimum Gasteiger partial charge on any atom is -0.504 e. The number of para-hydroxylation sites is 2. The minimum absolute atomic E-state index is 0.206. The lowest BCUT2D eigenvalue weighted by Crippen LogP contribution is -1.93. The van der Waals surface area contributed by atoms with Crippen LogP contribution in [0.25, 0.3) is 0 Å². The molecule has 2 rings (SSSR count). The lowest BCUT2D eigenvalue weighted by Gasteiger charge is -2.12. The Kier molecular flexibility index (Phi) is 4.85. The van der Waals surface area contributed by atoms with Gasteiger partial charge >= 0.3 is 0 Å². The number of hydrogen-bond acceptors (Lipinski definition) is 2. The summed E-state index contributed by atoms with van der Waals surface area (Å²) in [5.41, 5.74) is 1.07. The molecule has 2 aromatic carbocycles. The lowest BCUT2D eigenvalue weighted by molar-refractivity contribution is 0.406. The van der Waals surface area contributed by atoms with E-state index in [9.17, 15) is 5.11 Å². The third-order valence-electron chi connectivity index (χ3n) is 3.09. The molecule has 0 heterocycles. The summed E-state index contributed by atoms with van der Waals surface area (Å²) in [5.74, 6) is 1.54. The van der Waals surface area contributed by atoms with Gasteiger partial charge in [-0.15, -0.1) is 0 Å². The summed E-state index contributed by atoms with van der Waals surface area (Å²) in [5, 5.41) is 9.98. The number of benzene rings is 2. The van der Waals surface area contributed by atoms with E-state index in [-0.39, 0.29) is 5.75 Å². The third-order valence-corrected chi connectivity index (χ3v) is 3.09. The van der Waals surface area contributed by atoms with Gasteiger partial charge in [-0.3, -0.25) is 0 Å². The molecular weight excluding hydrogens is 236 g/mol. The molecule has 0 saturated carbocycles. The van der Waals surface area contributed by atoms with Gasteiger partial charge in [0.05, 0.1) is 0 Å². The zero-order valence-corrected chi connectivity index (χ0v) is 11.3. The van der Waals surface area contributed by atoms with Crippen LogP contribution in [0.5, 0.6) is 17.2 Å². The van der Waals surface area contributed by atoms with Crippen LogP contribution in [-0.4, -0.2) is 5.11 Å². The number of ether oxygens (including phenoxy) is 1. The molecule has 0 atom stereocenters. The lowest BCUT2D eigenvalue weighted by atomic mass is 10.1.